The number of nitrogens with zero attached hydrogens (tertiary/aromatic N) is 1. The number of rotatable bonds is 5. The second-order valence-electron chi connectivity index (χ2n) is 6.01. The Morgan fingerprint density at radius 3 is 2.46 bits per heavy atom. The number of amides is 2. The predicted octanol–water partition coefficient (Wildman–Crippen LogP) is 1.70. The lowest BCUT2D eigenvalue weighted by Gasteiger charge is -2.36. The van der Waals surface area contributed by atoms with Crippen LogP contribution in [0.25, 0.3) is 0 Å². The summed E-state index contributed by atoms with van der Waals surface area (Å²) in [7, 11) is 0. The van der Waals surface area contributed by atoms with E-state index in [1.807, 2.05) is 30.3 Å². The second-order valence-corrected chi connectivity index (χ2v) is 6.01. The van der Waals surface area contributed by atoms with E-state index in [9.17, 15) is 9.59 Å². The number of piperidine rings is 1. The molecule has 0 spiro atoms. The molecule has 6 nitrogen and oxygen atoms in total. The molecule has 3 N–H and O–H groups in total. The third-order valence-corrected chi connectivity index (χ3v) is 4.40. The molecule has 2 heterocycles. The molecular weight excluding hydrogens is 306 g/mol. The molecule has 1 unspecified atom stereocenters. The first-order chi connectivity index (χ1) is 11.6. The number of hydrogen-bond acceptors (Lipinski definition) is 4. The van der Waals surface area contributed by atoms with Crippen molar-refractivity contribution in [2.24, 2.45) is 5.73 Å². The highest BCUT2D eigenvalue weighted by atomic mass is 16.3. The summed E-state index contributed by atoms with van der Waals surface area (Å²) in [6.07, 6.45) is 4.47. The maximum absolute atomic E-state index is 12.1. The molecule has 24 heavy (non-hydrogen) atoms. The van der Waals surface area contributed by atoms with Gasteiger partial charge < -0.3 is 15.5 Å². The van der Waals surface area contributed by atoms with Gasteiger partial charge in [-0.05, 0) is 24.5 Å². The highest BCUT2D eigenvalue weighted by Gasteiger charge is 2.30. The standard InChI is InChI=1S/C18H21N3O3/c19-17(22)16(13-4-2-1-3-5-13)21-9-6-15(7-10-21)20-18(23)14-8-11-24-12-14/h1-5,8,11-12,15-16H,6-7,9-10H2,(H2,19,22)(H,20,23). The minimum absolute atomic E-state index is 0.0907. The van der Waals surface area contributed by atoms with E-state index >= 15 is 0 Å². The lowest BCUT2D eigenvalue weighted by atomic mass is 9.98. The summed E-state index contributed by atoms with van der Waals surface area (Å²) >= 11 is 0. The zero-order chi connectivity index (χ0) is 16.9. The Hall–Kier alpha value is -2.60. The van der Waals surface area contributed by atoms with E-state index in [2.05, 4.69) is 10.2 Å². The normalized spacial score (nSPS) is 17.3. The van der Waals surface area contributed by atoms with Crippen LogP contribution in [0, 0.1) is 0 Å². The molecule has 1 saturated heterocycles. The van der Waals surface area contributed by atoms with Crippen LogP contribution >= 0.6 is 0 Å². The van der Waals surface area contributed by atoms with Crippen LogP contribution in [0.3, 0.4) is 0 Å². The van der Waals surface area contributed by atoms with Gasteiger partial charge >= 0.3 is 0 Å². The van der Waals surface area contributed by atoms with Gasteiger partial charge in [-0.1, -0.05) is 30.3 Å². The number of nitrogens with two attached hydrogens (primary N) is 1. The Morgan fingerprint density at radius 2 is 1.88 bits per heavy atom. The van der Waals surface area contributed by atoms with Crippen LogP contribution in [-0.2, 0) is 4.79 Å². The van der Waals surface area contributed by atoms with Gasteiger partial charge in [0, 0.05) is 19.1 Å². The molecule has 2 amide bonds. The zero-order valence-electron chi connectivity index (χ0n) is 13.4. The Morgan fingerprint density at radius 1 is 1.17 bits per heavy atom. The maximum Gasteiger partial charge on any atom is 0.254 e. The molecule has 6 heteroatoms. The molecule has 3 rings (SSSR count). The fraction of sp³-hybridized carbons (Fsp3) is 0.333. The molecule has 1 aliphatic heterocycles. The molecule has 0 saturated carbocycles. The third kappa shape index (κ3) is 3.65. The van der Waals surface area contributed by atoms with Gasteiger partial charge in [0.15, 0.2) is 0 Å². The summed E-state index contributed by atoms with van der Waals surface area (Å²) in [5.74, 6) is -0.473. The quantitative estimate of drug-likeness (QED) is 0.875. The van der Waals surface area contributed by atoms with Crippen molar-refractivity contribution >= 4 is 11.8 Å². The fourth-order valence-electron chi connectivity index (χ4n) is 3.15. The number of primary amides is 1. The maximum atomic E-state index is 12.1. The molecular formula is C18H21N3O3. The SMILES string of the molecule is NC(=O)C(c1ccccc1)N1CCC(NC(=O)c2ccoc2)CC1. The number of hydrogen-bond donors (Lipinski definition) is 2. The zero-order valence-corrected chi connectivity index (χ0v) is 13.4. The summed E-state index contributed by atoms with van der Waals surface area (Å²) in [5, 5.41) is 3.01. The summed E-state index contributed by atoms with van der Waals surface area (Å²) in [4.78, 5) is 26.1. The molecule has 1 aromatic carbocycles. The first-order valence-electron chi connectivity index (χ1n) is 8.06. The molecule has 1 fully saturated rings. The third-order valence-electron chi connectivity index (χ3n) is 4.40. The summed E-state index contributed by atoms with van der Waals surface area (Å²) in [6.45, 7) is 1.41. The number of furan rings is 1. The lowest BCUT2D eigenvalue weighted by molar-refractivity contribution is -0.124. The van der Waals surface area contributed by atoms with E-state index in [0.29, 0.717) is 18.7 Å². The topological polar surface area (TPSA) is 88.6 Å². The Balaban J connectivity index is 1.59. The van der Waals surface area contributed by atoms with Crippen LogP contribution in [0.15, 0.2) is 53.3 Å². The first kappa shape index (κ1) is 16.3. The van der Waals surface area contributed by atoms with Crippen LogP contribution < -0.4 is 11.1 Å². The van der Waals surface area contributed by atoms with Crippen LogP contribution in [0.1, 0.15) is 34.8 Å². The van der Waals surface area contributed by atoms with Gasteiger partial charge in [0.1, 0.15) is 12.3 Å². The van der Waals surface area contributed by atoms with Crippen molar-refractivity contribution in [1.82, 2.24) is 10.2 Å². The monoisotopic (exact) mass is 327 g/mol. The number of likely N-dealkylation sites (tertiary alicyclic amines) is 1. The molecule has 0 radical (unpaired) electrons. The number of carbonyl (C=O) groups is 2. The smallest absolute Gasteiger partial charge is 0.254 e. The van der Waals surface area contributed by atoms with Crippen molar-refractivity contribution in [3.63, 3.8) is 0 Å². The van der Waals surface area contributed by atoms with E-state index in [-0.39, 0.29) is 17.9 Å². The van der Waals surface area contributed by atoms with E-state index in [1.165, 1.54) is 12.5 Å². The highest BCUT2D eigenvalue weighted by molar-refractivity contribution is 5.93. The average molecular weight is 327 g/mol. The van der Waals surface area contributed by atoms with Gasteiger partial charge in [0.05, 0.1) is 11.8 Å². The largest absolute Gasteiger partial charge is 0.472 e. The highest BCUT2D eigenvalue weighted by Crippen LogP contribution is 2.24. The first-order valence-corrected chi connectivity index (χ1v) is 8.06. The van der Waals surface area contributed by atoms with Crippen LogP contribution in [-0.4, -0.2) is 35.8 Å². The lowest BCUT2D eigenvalue weighted by Crippen LogP contribution is -2.48. The van der Waals surface area contributed by atoms with Gasteiger partial charge in [0.25, 0.3) is 5.91 Å². The van der Waals surface area contributed by atoms with Crippen molar-refractivity contribution in [1.29, 1.82) is 0 Å². The van der Waals surface area contributed by atoms with Gasteiger partial charge in [-0.2, -0.15) is 0 Å². The Bertz CT molecular complexity index is 677. The van der Waals surface area contributed by atoms with Crippen LogP contribution in [0.2, 0.25) is 0 Å². The van der Waals surface area contributed by atoms with E-state index in [4.69, 9.17) is 10.2 Å². The number of benzene rings is 1. The summed E-state index contributed by atoms with van der Waals surface area (Å²) in [6, 6.07) is 10.9. The van der Waals surface area contributed by atoms with Gasteiger partial charge in [0.2, 0.25) is 5.91 Å². The molecule has 1 atom stereocenters. The summed E-state index contributed by atoms with van der Waals surface area (Å²) in [5.41, 5.74) is 7.05. The van der Waals surface area contributed by atoms with E-state index in [1.54, 1.807) is 6.07 Å². The van der Waals surface area contributed by atoms with E-state index < -0.39 is 6.04 Å². The fourth-order valence-corrected chi connectivity index (χ4v) is 3.15. The van der Waals surface area contributed by atoms with Gasteiger partial charge in [-0.15, -0.1) is 0 Å². The van der Waals surface area contributed by atoms with Crippen molar-refractivity contribution < 1.29 is 14.0 Å². The van der Waals surface area contributed by atoms with Crippen LogP contribution in [0.4, 0.5) is 0 Å². The van der Waals surface area contributed by atoms with Crippen LogP contribution in [0.5, 0.6) is 0 Å². The Kier molecular flexibility index (Phi) is 4.96. The van der Waals surface area contributed by atoms with Crippen molar-refractivity contribution in [2.45, 2.75) is 24.9 Å². The second kappa shape index (κ2) is 7.31. The van der Waals surface area contributed by atoms with Crippen molar-refractivity contribution in [3.8, 4) is 0 Å². The van der Waals surface area contributed by atoms with Gasteiger partial charge in [-0.25, -0.2) is 0 Å². The van der Waals surface area contributed by atoms with Gasteiger partial charge in [-0.3, -0.25) is 14.5 Å². The van der Waals surface area contributed by atoms with Crippen molar-refractivity contribution in [2.75, 3.05) is 13.1 Å². The molecule has 1 aromatic heterocycles. The van der Waals surface area contributed by atoms with E-state index in [0.717, 1.165) is 18.4 Å². The predicted molar refractivity (Wildman–Crippen MR) is 89.1 cm³/mol. The summed E-state index contributed by atoms with van der Waals surface area (Å²) < 4.78 is 4.93. The van der Waals surface area contributed by atoms with Crippen molar-refractivity contribution in [3.05, 3.63) is 60.1 Å². The molecule has 126 valence electrons. The number of nitrogens with one attached hydrogen (secondary N) is 1. The average Bonchev–Trinajstić information content (AvgIpc) is 3.12. The molecule has 0 aliphatic carbocycles. The molecule has 0 bridgehead atoms. The number of carbonyl (C=O) groups excluding carboxylic acids is 2. The minimum Gasteiger partial charge on any atom is -0.472 e. The minimum atomic E-state index is -0.420. The molecule has 1 aliphatic rings. The molecule has 2 aromatic rings. The Labute approximate surface area is 140 Å².